The van der Waals surface area contributed by atoms with Crippen molar-refractivity contribution >= 4 is 17.3 Å². The number of oxime groups is 1. The molecule has 0 aromatic heterocycles. The largest absolute Gasteiger partial charge is 0.411 e. The average Bonchev–Trinajstić information content (AvgIpc) is 2.35. The summed E-state index contributed by atoms with van der Waals surface area (Å²) in [5.41, 5.74) is 5.03. The van der Waals surface area contributed by atoms with Gasteiger partial charge in [-0.1, -0.05) is 11.2 Å². The van der Waals surface area contributed by atoms with E-state index in [0.717, 1.165) is 42.6 Å². The van der Waals surface area contributed by atoms with Crippen LogP contribution in [-0.4, -0.2) is 16.8 Å². The molecule has 2 N–H and O–H groups in total. The molecule has 0 unspecified atom stereocenters. The zero-order chi connectivity index (χ0) is 11.8. The predicted octanol–water partition coefficient (Wildman–Crippen LogP) is 2.09. The number of fused-ring (bicyclic) bond motifs is 2. The van der Waals surface area contributed by atoms with Crippen molar-refractivity contribution in [3.63, 3.8) is 0 Å². The third-order valence-corrected chi connectivity index (χ3v) is 3.52. The first-order valence-corrected chi connectivity index (χ1v) is 5.95. The number of hydrogen-bond acceptors (Lipinski definition) is 3. The van der Waals surface area contributed by atoms with Gasteiger partial charge >= 0.3 is 0 Å². The van der Waals surface area contributed by atoms with Crippen LogP contribution in [0.1, 0.15) is 36.0 Å². The molecule has 1 amide bonds. The SMILES string of the molecule is O=C1CCc2cc3c(cc2N1)C(=NO)CCC3. The summed E-state index contributed by atoms with van der Waals surface area (Å²) in [6.07, 6.45) is 4.22. The first-order chi connectivity index (χ1) is 8.28. The maximum Gasteiger partial charge on any atom is 0.224 e. The van der Waals surface area contributed by atoms with Crippen molar-refractivity contribution < 1.29 is 10.0 Å². The summed E-state index contributed by atoms with van der Waals surface area (Å²) in [4.78, 5) is 11.4. The molecule has 0 fully saturated rings. The Balaban J connectivity index is 2.12. The molecular weight excluding hydrogens is 216 g/mol. The molecule has 88 valence electrons. The average molecular weight is 230 g/mol. The molecule has 3 rings (SSSR count). The highest BCUT2D eigenvalue weighted by atomic mass is 16.4. The second-order valence-corrected chi connectivity index (χ2v) is 4.61. The van der Waals surface area contributed by atoms with E-state index in [4.69, 9.17) is 5.21 Å². The van der Waals surface area contributed by atoms with Gasteiger partial charge in [-0.15, -0.1) is 0 Å². The Labute approximate surface area is 99.3 Å². The summed E-state index contributed by atoms with van der Waals surface area (Å²) in [5, 5.41) is 15.2. The molecule has 0 saturated carbocycles. The highest BCUT2D eigenvalue weighted by Crippen LogP contribution is 2.30. The summed E-state index contributed by atoms with van der Waals surface area (Å²) >= 11 is 0. The summed E-state index contributed by atoms with van der Waals surface area (Å²) in [5.74, 6) is 0.0655. The molecule has 0 saturated heterocycles. The van der Waals surface area contributed by atoms with Gasteiger partial charge in [0.25, 0.3) is 0 Å². The van der Waals surface area contributed by atoms with E-state index in [9.17, 15) is 4.79 Å². The van der Waals surface area contributed by atoms with Gasteiger partial charge in [0, 0.05) is 17.7 Å². The summed E-state index contributed by atoms with van der Waals surface area (Å²) in [6.45, 7) is 0. The maximum absolute atomic E-state index is 11.4. The number of nitrogens with zero attached hydrogens (tertiary/aromatic N) is 1. The van der Waals surface area contributed by atoms with E-state index in [0.29, 0.717) is 6.42 Å². The minimum absolute atomic E-state index is 0.0655. The molecule has 0 bridgehead atoms. The van der Waals surface area contributed by atoms with Gasteiger partial charge in [-0.3, -0.25) is 4.79 Å². The second kappa shape index (κ2) is 3.87. The third kappa shape index (κ3) is 1.69. The van der Waals surface area contributed by atoms with Crippen LogP contribution in [0.15, 0.2) is 17.3 Å². The number of carbonyl (C=O) groups is 1. The Morgan fingerprint density at radius 2 is 2.00 bits per heavy atom. The lowest BCUT2D eigenvalue weighted by atomic mass is 9.86. The lowest BCUT2D eigenvalue weighted by Gasteiger charge is -2.23. The van der Waals surface area contributed by atoms with E-state index in [1.165, 1.54) is 11.1 Å². The molecule has 1 aromatic rings. The fourth-order valence-electron chi connectivity index (χ4n) is 2.64. The number of carbonyl (C=O) groups excluding carboxylic acids is 1. The summed E-state index contributed by atoms with van der Waals surface area (Å²) in [6, 6.07) is 4.10. The molecule has 4 nitrogen and oxygen atoms in total. The lowest BCUT2D eigenvalue weighted by molar-refractivity contribution is -0.116. The minimum atomic E-state index is 0.0655. The predicted molar refractivity (Wildman–Crippen MR) is 64.7 cm³/mol. The molecule has 0 spiro atoms. The van der Waals surface area contributed by atoms with Crippen LogP contribution in [0.25, 0.3) is 0 Å². The monoisotopic (exact) mass is 230 g/mol. The number of benzene rings is 1. The van der Waals surface area contributed by atoms with E-state index in [1.807, 2.05) is 6.07 Å². The Kier molecular flexibility index (Phi) is 2.35. The quantitative estimate of drug-likeness (QED) is 0.529. The fourth-order valence-corrected chi connectivity index (χ4v) is 2.64. The van der Waals surface area contributed by atoms with Gasteiger partial charge in [-0.25, -0.2) is 0 Å². The van der Waals surface area contributed by atoms with Gasteiger partial charge in [0.15, 0.2) is 0 Å². The van der Waals surface area contributed by atoms with Crippen LogP contribution < -0.4 is 5.32 Å². The van der Waals surface area contributed by atoms with E-state index in [1.54, 1.807) is 0 Å². The molecule has 1 aliphatic carbocycles. The molecule has 1 aromatic carbocycles. The smallest absolute Gasteiger partial charge is 0.224 e. The third-order valence-electron chi connectivity index (χ3n) is 3.52. The fraction of sp³-hybridized carbons (Fsp3) is 0.385. The molecular formula is C13H14N2O2. The normalized spacial score (nSPS) is 20.7. The van der Waals surface area contributed by atoms with Crippen molar-refractivity contribution in [2.24, 2.45) is 5.16 Å². The van der Waals surface area contributed by atoms with Crippen LogP contribution >= 0.6 is 0 Å². The van der Waals surface area contributed by atoms with E-state index < -0.39 is 0 Å². The summed E-state index contributed by atoms with van der Waals surface area (Å²) in [7, 11) is 0. The van der Waals surface area contributed by atoms with E-state index in [-0.39, 0.29) is 5.91 Å². The molecule has 4 heteroatoms. The first kappa shape index (κ1) is 10.3. The van der Waals surface area contributed by atoms with E-state index >= 15 is 0 Å². The Morgan fingerprint density at radius 1 is 1.12 bits per heavy atom. The molecule has 17 heavy (non-hydrogen) atoms. The van der Waals surface area contributed by atoms with E-state index in [2.05, 4.69) is 16.5 Å². The Hall–Kier alpha value is -1.84. The number of amides is 1. The van der Waals surface area contributed by atoms with Crippen LogP contribution in [-0.2, 0) is 17.6 Å². The number of anilines is 1. The van der Waals surface area contributed by atoms with Gasteiger partial charge in [0.1, 0.15) is 0 Å². The van der Waals surface area contributed by atoms with Gasteiger partial charge < -0.3 is 10.5 Å². The van der Waals surface area contributed by atoms with Crippen LogP contribution in [0.3, 0.4) is 0 Å². The van der Waals surface area contributed by atoms with Crippen molar-refractivity contribution in [3.8, 4) is 0 Å². The molecule has 1 heterocycles. The number of nitrogens with one attached hydrogen (secondary N) is 1. The molecule has 2 aliphatic rings. The van der Waals surface area contributed by atoms with Crippen LogP contribution in [0.5, 0.6) is 0 Å². The van der Waals surface area contributed by atoms with Crippen molar-refractivity contribution in [1.29, 1.82) is 0 Å². The van der Waals surface area contributed by atoms with Gasteiger partial charge in [0.05, 0.1) is 5.71 Å². The Bertz CT molecular complexity index is 520. The zero-order valence-electron chi connectivity index (χ0n) is 9.49. The number of rotatable bonds is 0. The van der Waals surface area contributed by atoms with Crippen molar-refractivity contribution in [2.75, 3.05) is 5.32 Å². The first-order valence-electron chi connectivity index (χ1n) is 5.95. The minimum Gasteiger partial charge on any atom is -0.411 e. The number of hydrogen-bond donors (Lipinski definition) is 2. The number of aryl methyl sites for hydroxylation is 2. The van der Waals surface area contributed by atoms with Crippen LogP contribution in [0, 0.1) is 0 Å². The molecule has 0 atom stereocenters. The van der Waals surface area contributed by atoms with Crippen molar-refractivity contribution in [3.05, 3.63) is 28.8 Å². The molecule has 0 radical (unpaired) electrons. The van der Waals surface area contributed by atoms with Gasteiger partial charge in [0.2, 0.25) is 5.91 Å². The maximum atomic E-state index is 11.4. The lowest BCUT2D eigenvalue weighted by Crippen LogP contribution is -2.21. The highest BCUT2D eigenvalue weighted by Gasteiger charge is 2.21. The topological polar surface area (TPSA) is 61.7 Å². The van der Waals surface area contributed by atoms with Gasteiger partial charge in [-0.2, -0.15) is 0 Å². The Morgan fingerprint density at radius 3 is 2.82 bits per heavy atom. The molecule has 1 aliphatic heterocycles. The zero-order valence-corrected chi connectivity index (χ0v) is 9.49. The van der Waals surface area contributed by atoms with Gasteiger partial charge in [-0.05, 0) is 42.9 Å². The standard InChI is InChI=1S/C13H14N2O2/c16-13-5-4-9-6-8-2-1-3-11(15-17)10(8)7-12(9)14-13/h6-7,17H,1-5H2,(H,14,16). The van der Waals surface area contributed by atoms with Crippen molar-refractivity contribution in [1.82, 2.24) is 0 Å². The highest BCUT2D eigenvalue weighted by molar-refractivity contribution is 6.04. The summed E-state index contributed by atoms with van der Waals surface area (Å²) < 4.78 is 0. The van der Waals surface area contributed by atoms with Crippen molar-refractivity contribution in [2.45, 2.75) is 32.1 Å². The van der Waals surface area contributed by atoms with Crippen LogP contribution in [0.2, 0.25) is 0 Å². The second-order valence-electron chi connectivity index (χ2n) is 4.61. The van der Waals surface area contributed by atoms with Crippen LogP contribution in [0.4, 0.5) is 5.69 Å².